The van der Waals surface area contributed by atoms with Gasteiger partial charge in [-0.25, -0.2) is 9.59 Å². The van der Waals surface area contributed by atoms with Crippen LogP contribution in [0.4, 0.5) is 4.79 Å². The molecular weight excluding hydrogens is 374 g/mol. The van der Waals surface area contributed by atoms with Crippen LogP contribution in [0.5, 0.6) is 5.75 Å². The summed E-state index contributed by atoms with van der Waals surface area (Å²) in [6, 6.07) is 14.0. The van der Waals surface area contributed by atoms with E-state index in [1.165, 1.54) is 6.07 Å². The van der Waals surface area contributed by atoms with E-state index in [-0.39, 0.29) is 19.6 Å². The van der Waals surface area contributed by atoms with E-state index < -0.39 is 17.7 Å². The molecule has 1 aromatic heterocycles. The van der Waals surface area contributed by atoms with Gasteiger partial charge >= 0.3 is 17.7 Å². The number of fused-ring (bicyclic) bond motifs is 1. The Morgan fingerprint density at radius 3 is 2.59 bits per heavy atom. The Morgan fingerprint density at radius 2 is 1.83 bits per heavy atom. The van der Waals surface area contributed by atoms with Crippen LogP contribution in [0, 0.1) is 13.8 Å². The number of benzene rings is 2. The van der Waals surface area contributed by atoms with Crippen molar-refractivity contribution in [2.45, 2.75) is 26.9 Å². The lowest BCUT2D eigenvalue weighted by molar-refractivity contribution is -0.134. The van der Waals surface area contributed by atoms with Gasteiger partial charge in [0.15, 0.2) is 0 Å². The van der Waals surface area contributed by atoms with E-state index in [9.17, 15) is 14.4 Å². The molecule has 2 aromatic carbocycles. The van der Waals surface area contributed by atoms with E-state index in [0.717, 1.165) is 11.1 Å². The van der Waals surface area contributed by atoms with Gasteiger partial charge in [-0.05, 0) is 42.7 Å². The highest BCUT2D eigenvalue weighted by molar-refractivity contribution is 5.89. The zero-order chi connectivity index (χ0) is 20.8. The van der Waals surface area contributed by atoms with Crippen LogP contribution < -0.4 is 15.7 Å². The highest BCUT2D eigenvalue weighted by Crippen LogP contribution is 2.29. The van der Waals surface area contributed by atoms with Gasteiger partial charge in [0.1, 0.15) is 17.9 Å². The summed E-state index contributed by atoms with van der Waals surface area (Å²) in [5.41, 5.74) is 2.21. The van der Waals surface area contributed by atoms with Crippen molar-refractivity contribution >= 4 is 23.0 Å². The van der Waals surface area contributed by atoms with Crippen LogP contribution in [0.1, 0.15) is 23.1 Å². The number of hydrogen-bond acceptors (Lipinski definition) is 6. The molecule has 0 radical (unpaired) electrons. The van der Waals surface area contributed by atoms with Crippen molar-refractivity contribution in [3.05, 3.63) is 75.6 Å². The first-order valence-electron chi connectivity index (χ1n) is 9.13. The molecule has 0 fully saturated rings. The first-order valence-corrected chi connectivity index (χ1v) is 9.13. The van der Waals surface area contributed by atoms with E-state index in [0.29, 0.717) is 22.3 Å². The second-order valence-electron chi connectivity index (χ2n) is 6.60. The number of carbonyl (C=O) groups is 2. The summed E-state index contributed by atoms with van der Waals surface area (Å²) in [5.74, 6) is -0.205. The standard InChI is InChI=1S/C22H21NO6/c1-14-10-17(21-15(2)12-20(25)29-18(21)11-14)28-19(24)8-9-23-22(26)27-13-16-6-4-3-5-7-16/h3-7,10-12H,8-9,13H2,1-2H3,(H,23,26). The van der Waals surface area contributed by atoms with Gasteiger partial charge in [-0.3, -0.25) is 4.79 Å². The Balaban J connectivity index is 1.54. The molecule has 1 amide bonds. The third-order valence-electron chi connectivity index (χ3n) is 4.18. The number of nitrogens with one attached hydrogen (secondary N) is 1. The van der Waals surface area contributed by atoms with Gasteiger partial charge in [0.25, 0.3) is 0 Å². The van der Waals surface area contributed by atoms with Gasteiger partial charge in [-0.15, -0.1) is 0 Å². The van der Waals surface area contributed by atoms with E-state index in [1.807, 2.05) is 37.3 Å². The number of carbonyl (C=O) groups excluding carboxylic acids is 2. The summed E-state index contributed by atoms with van der Waals surface area (Å²) < 4.78 is 15.7. The first-order chi connectivity index (χ1) is 13.9. The van der Waals surface area contributed by atoms with Crippen LogP contribution in [0.2, 0.25) is 0 Å². The average Bonchev–Trinajstić information content (AvgIpc) is 2.66. The number of alkyl carbamates (subject to hydrolysis) is 1. The van der Waals surface area contributed by atoms with Crippen molar-refractivity contribution in [1.82, 2.24) is 5.32 Å². The largest absolute Gasteiger partial charge is 0.445 e. The van der Waals surface area contributed by atoms with Crippen molar-refractivity contribution < 1.29 is 23.5 Å². The molecule has 29 heavy (non-hydrogen) atoms. The Bertz CT molecular complexity index is 1090. The molecule has 0 saturated heterocycles. The summed E-state index contributed by atoms with van der Waals surface area (Å²) in [4.78, 5) is 35.5. The SMILES string of the molecule is Cc1cc(OC(=O)CCNC(=O)OCc2ccccc2)c2c(C)cc(=O)oc2c1. The maximum atomic E-state index is 12.2. The molecule has 0 unspecified atom stereocenters. The highest BCUT2D eigenvalue weighted by atomic mass is 16.5. The molecule has 3 rings (SSSR count). The van der Waals surface area contributed by atoms with Crippen LogP contribution in [0.3, 0.4) is 0 Å². The molecule has 0 aliphatic rings. The predicted molar refractivity (Wildman–Crippen MR) is 107 cm³/mol. The lowest BCUT2D eigenvalue weighted by atomic mass is 10.1. The fraction of sp³-hybridized carbons (Fsp3) is 0.227. The normalized spacial score (nSPS) is 10.6. The Morgan fingerprint density at radius 1 is 1.07 bits per heavy atom. The van der Waals surface area contributed by atoms with Gasteiger partial charge in [0, 0.05) is 12.6 Å². The number of hydrogen-bond donors (Lipinski definition) is 1. The lowest BCUT2D eigenvalue weighted by Gasteiger charge is -2.11. The van der Waals surface area contributed by atoms with Crippen LogP contribution in [-0.2, 0) is 16.1 Å². The third kappa shape index (κ3) is 5.44. The van der Waals surface area contributed by atoms with Crippen LogP contribution in [0.25, 0.3) is 11.0 Å². The zero-order valence-corrected chi connectivity index (χ0v) is 16.2. The number of ether oxygens (including phenoxy) is 2. The Kier molecular flexibility index (Phi) is 6.29. The van der Waals surface area contributed by atoms with Crippen molar-refractivity contribution in [3.63, 3.8) is 0 Å². The maximum Gasteiger partial charge on any atom is 0.407 e. The van der Waals surface area contributed by atoms with E-state index in [1.54, 1.807) is 19.1 Å². The van der Waals surface area contributed by atoms with Crippen LogP contribution >= 0.6 is 0 Å². The monoisotopic (exact) mass is 395 g/mol. The van der Waals surface area contributed by atoms with Crippen molar-refractivity contribution in [2.24, 2.45) is 0 Å². The summed E-state index contributed by atoms with van der Waals surface area (Å²) in [5, 5.41) is 3.08. The number of rotatable bonds is 6. The highest BCUT2D eigenvalue weighted by Gasteiger charge is 2.14. The second-order valence-corrected chi connectivity index (χ2v) is 6.60. The third-order valence-corrected chi connectivity index (χ3v) is 4.18. The van der Waals surface area contributed by atoms with Crippen molar-refractivity contribution in [1.29, 1.82) is 0 Å². The number of aryl methyl sites for hydroxylation is 2. The van der Waals surface area contributed by atoms with E-state index in [4.69, 9.17) is 13.9 Å². The molecule has 0 aliphatic carbocycles. The summed E-state index contributed by atoms with van der Waals surface area (Å²) in [6.45, 7) is 3.78. The zero-order valence-electron chi connectivity index (χ0n) is 16.2. The minimum absolute atomic E-state index is 0.0360. The van der Waals surface area contributed by atoms with E-state index in [2.05, 4.69) is 5.32 Å². The molecule has 1 heterocycles. The molecule has 0 bridgehead atoms. The molecule has 1 N–H and O–H groups in total. The topological polar surface area (TPSA) is 94.8 Å². The quantitative estimate of drug-likeness (QED) is 0.389. The molecule has 7 nitrogen and oxygen atoms in total. The average molecular weight is 395 g/mol. The van der Waals surface area contributed by atoms with Crippen LogP contribution in [0.15, 0.2) is 57.7 Å². The lowest BCUT2D eigenvalue weighted by Crippen LogP contribution is -2.27. The summed E-state index contributed by atoms with van der Waals surface area (Å²) in [7, 11) is 0. The number of amides is 1. The smallest absolute Gasteiger partial charge is 0.407 e. The molecule has 0 aliphatic heterocycles. The second kappa shape index (κ2) is 9.05. The number of esters is 1. The van der Waals surface area contributed by atoms with Gasteiger partial charge in [-0.1, -0.05) is 30.3 Å². The molecular formula is C22H21NO6. The molecule has 0 saturated carbocycles. The van der Waals surface area contributed by atoms with Crippen molar-refractivity contribution in [2.75, 3.05) is 6.54 Å². The molecule has 0 spiro atoms. The van der Waals surface area contributed by atoms with Crippen LogP contribution in [-0.4, -0.2) is 18.6 Å². The van der Waals surface area contributed by atoms with Gasteiger partial charge in [0.05, 0.1) is 11.8 Å². The van der Waals surface area contributed by atoms with Gasteiger partial charge in [0.2, 0.25) is 0 Å². The van der Waals surface area contributed by atoms with Crippen molar-refractivity contribution in [3.8, 4) is 5.75 Å². The molecule has 7 heteroatoms. The first kappa shape index (κ1) is 20.1. The fourth-order valence-corrected chi connectivity index (χ4v) is 2.87. The predicted octanol–water partition coefficient (Wildman–Crippen LogP) is 3.63. The minimum atomic E-state index is -0.611. The molecule has 3 aromatic rings. The summed E-state index contributed by atoms with van der Waals surface area (Å²) >= 11 is 0. The minimum Gasteiger partial charge on any atom is -0.445 e. The molecule has 0 atom stereocenters. The van der Waals surface area contributed by atoms with E-state index >= 15 is 0 Å². The van der Waals surface area contributed by atoms with Gasteiger partial charge in [-0.2, -0.15) is 0 Å². The fourth-order valence-electron chi connectivity index (χ4n) is 2.87. The van der Waals surface area contributed by atoms with Gasteiger partial charge < -0.3 is 19.2 Å². The Labute approximate surface area is 167 Å². The summed E-state index contributed by atoms with van der Waals surface area (Å²) in [6.07, 6.45) is -0.647. The Hall–Kier alpha value is -3.61. The molecule has 150 valence electrons. The maximum absolute atomic E-state index is 12.2.